The van der Waals surface area contributed by atoms with E-state index in [0.29, 0.717) is 23.0 Å². The summed E-state index contributed by atoms with van der Waals surface area (Å²) in [6.07, 6.45) is 2.88. The van der Waals surface area contributed by atoms with Crippen molar-refractivity contribution in [1.29, 1.82) is 0 Å². The van der Waals surface area contributed by atoms with Crippen LogP contribution in [0.25, 0.3) is 33.0 Å². The van der Waals surface area contributed by atoms with Crippen LogP contribution in [0.1, 0.15) is 16.8 Å². The average Bonchev–Trinajstić information content (AvgIpc) is 3.56. The molecule has 0 radical (unpaired) electrons. The van der Waals surface area contributed by atoms with E-state index < -0.39 is 0 Å². The number of carbonyl (C=O) groups excluding carboxylic acids is 2. The molecular formula is C27H25ClN4O2. The normalized spacial score (nSPS) is 21.7. The molecule has 2 unspecified atom stereocenters. The number of rotatable bonds is 2. The number of imide groups is 1. The summed E-state index contributed by atoms with van der Waals surface area (Å²) in [5, 5.41) is 8.19. The van der Waals surface area contributed by atoms with Gasteiger partial charge in [-0.05, 0) is 43.5 Å². The molecule has 0 bridgehead atoms. The molecule has 0 saturated carbocycles. The standard InChI is InChI=1S/C27H24N4O2.ClH/c1-30-14-19(17-6-2-4-8-20(17)30)24-25(27(33)29-26(24)32)23-18-7-3-5-9-21(18)31-13-16-12-28-11-15(16)10-22(23)31;/h2-9,14-16,28H,10-13H2,1H3,(H,29,32,33);1H. The molecule has 6 nitrogen and oxygen atoms in total. The number of nitrogens with zero attached hydrogens (tertiary/aromatic N) is 2. The zero-order valence-corrected chi connectivity index (χ0v) is 19.6. The van der Waals surface area contributed by atoms with Gasteiger partial charge < -0.3 is 14.5 Å². The Morgan fingerprint density at radius 3 is 2.35 bits per heavy atom. The topological polar surface area (TPSA) is 68.1 Å². The highest BCUT2D eigenvalue weighted by atomic mass is 35.5. The van der Waals surface area contributed by atoms with Crippen LogP contribution in [0.5, 0.6) is 0 Å². The van der Waals surface area contributed by atoms with Crippen LogP contribution in [-0.4, -0.2) is 34.0 Å². The quantitative estimate of drug-likeness (QED) is 0.439. The Morgan fingerprint density at radius 2 is 1.53 bits per heavy atom. The molecule has 2 N–H and O–H groups in total. The van der Waals surface area contributed by atoms with Crippen molar-refractivity contribution in [2.75, 3.05) is 13.1 Å². The number of para-hydroxylation sites is 2. The molecule has 7 heteroatoms. The number of aromatic nitrogens is 2. The number of carbonyl (C=O) groups is 2. The van der Waals surface area contributed by atoms with Crippen LogP contribution in [0.15, 0.2) is 54.7 Å². The minimum Gasteiger partial charge on any atom is -0.350 e. The maximum atomic E-state index is 13.3. The SMILES string of the molecule is Cl.Cn1cc(C2=C(c3c4n(c5ccccc35)CC3CNCC3C4)C(=O)NC2=O)c2ccccc21. The van der Waals surface area contributed by atoms with Gasteiger partial charge in [-0.15, -0.1) is 12.4 Å². The van der Waals surface area contributed by atoms with Gasteiger partial charge in [0.2, 0.25) is 0 Å². The zero-order valence-electron chi connectivity index (χ0n) is 18.8. The van der Waals surface area contributed by atoms with Crippen LogP contribution < -0.4 is 10.6 Å². The number of hydrogen-bond donors (Lipinski definition) is 2. The first-order chi connectivity index (χ1) is 16.1. The predicted molar refractivity (Wildman–Crippen MR) is 136 cm³/mol. The molecule has 34 heavy (non-hydrogen) atoms. The van der Waals surface area contributed by atoms with Crippen LogP contribution in [0.2, 0.25) is 0 Å². The first-order valence-corrected chi connectivity index (χ1v) is 11.6. The average molecular weight is 473 g/mol. The number of amides is 2. The van der Waals surface area contributed by atoms with Crippen LogP contribution in [0.4, 0.5) is 0 Å². The second kappa shape index (κ2) is 7.58. The molecule has 5 heterocycles. The summed E-state index contributed by atoms with van der Waals surface area (Å²) in [6.45, 7) is 2.99. The van der Waals surface area contributed by atoms with Crippen molar-refractivity contribution >= 4 is 57.2 Å². The predicted octanol–water partition coefficient (Wildman–Crippen LogP) is 3.51. The Hall–Kier alpha value is -3.35. The number of aryl methyl sites for hydroxylation is 1. The third-order valence-corrected chi connectivity index (χ3v) is 7.78. The molecule has 2 atom stereocenters. The Labute approximate surface area is 203 Å². The fraction of sp³-hybridized carbons (Fsp3) is 0.259. The zero-order chi connectivity index (χ0) is 22.3. The van der Waals surface area contributed by atoms with Gasteiger partial charge in [0, 0.05) is 58.4 Å². The third kappa shape index (κ3) is 2.79. The van der Waals surface area contributed by atoms with E-state index in [2.05, 4.69) is 33.4 Å². The fourth-order valence-electron chi connectivity index (χ4n) is 6.27. The Balaban J connectivity index is 0.00000217. The molecule has 4 aromatic rings. The maximum Gasteiger partial charge on any atom is 0.259 e. The highest BCUT2D eigenvalue weighted by Crippen LogP contribution is 2.44. The van der Waals surface area contributed by atoms with Gasteiger partial charge in [0.15, 0.2) is 0 Å². The van der Waals surface area contributed by atoms with Crippen molar-refractivity contribution in [2.24, 2.45) is 18.9 Å². The van der Waals surface area contributed by atoms with Crippen LogP contribution in [0, 0.1) is 11.8 Å². The molecule has 2 amide bonds. The largest absolute Gasteiger partial charge is 0.350 e. The lowest BCUT2D eigenvalue weighted by atomic mass is 9.85. The Kier molecular flexibility index (Phi) is 4.73. The highest BCUT2D eigenvalue weighted by Gasteiger charge is 2.40. The van der Waals surface area contributed by atoms with Crippen molar-refractivity contribution in [3.05, 3.63) is 71.5 Å². The highest BCUT2D eigenvalue weighted by molar-refractivity contribution is 6.51. The van der Waals surface area contributed by atoms with E-state index in [1.165, 1.54) is 5.69 Å². The van der Waals surface area contributed by atoms with Crippen molar-refractivity contribution in [3.63, 3.8) is 0 Å². The van der Waals surface area contributed by atoms with E-state index in [9.17, 15) is 9.59 Å². The van der Waals surface area contributed by atoms with Gasteiger partial charge >= 0.3 is 0 Å². The molecule has 3 aliphatic heterocycles. The van der Waals surface area contributed by atoms with Gasteiger partial charge in [-0.25, -0.2) is 0 Å². The molecular weight excluding hydrogens is 448 g/mol. The smallest absolute Gasteiger partial charge is 0.259 e. The summed E-state index contributed by atoms with van der Waals surface area (Å²) < 4.78 is 4.41. The van der Waals surface area contributed by atoms with Gasteiger partial charge in [0.25, 0.3) is 11.8 Å². The van der Waals surface area contributed by atoms with Gasteiger partial charge in [-0.3, -0.25) is 14.9 Å². The summed E-state index contributed by atoms with van der Waals surface area (Å²) in [7, 11) is 1.98. The number of hydrogen-bond acceptors (Lipinski definition) is 3. The minimum absolute atomic E-state index is 0. The first-order valence-electron chi connectivity index (χ1n) is 11.6. The molecule has 7 rings (SSSR count). The van der Waals surface area contributed by atoms with E-state index in [1.54, 1.807) is 0 Å². The summed E-state index contributed by atoms with van der Waals surface area (Å²) in [5.74, 6) is 0.550. The van der Waals surface area contributed by atoms with Gasteiger partial charge in [0.05, 0.1) is 11.1 Å². The van der Waals surface area contributed by atoms with E-state index in [-0.39, 0.29) is 24.2 Å². The second-order valence-electron chi connectivity index (χ2n) is 9.54. The van der Waals surface area contributed by atoms with Crippen molar-refractivity contribution in [1.82, 2.24) is 19.8 Å². The van der Waals surface area contributed by atoms with Gasteiger partial charge in [-0.2, -0.15) is 0 Å². The maximum absolute atomic E-state index is 13.3. The van der Waals surface area contributed by atoms with E-state index >= 15 is 0 Å². The molecule has 1 fully saturated rings. The number of halogens is 1. The molecule has 3 aliphatic rings. The third-order valence-electron chi connectivity index (χ3n) is 7.78. The van der Waals surface area contributed by atoms with E-state index in [0.717, 1.165) is 59.0 Å². The lowest BCUT2D eigenvalue weighted by Crippen LogP contribution is -2.28. The molecule has 1 saturated heterocycles. The molecule has 2 aromatic heterocycles. The lowest BCUT2D eigenvalue weighted by Gasteiger charge is -2.28. The van der Waals surface area contributed by atoms with Crippen LogP contribution in [-0.2, 0) is 29.6 Å². The van der Waals surface area contributed by atoms with Gasteiger partial charge in [0.1, 0.15) is 0 Å². The van der Waals surface area contributed by atoms with E-state index in [4.69, 9.17) is 0 Å². The lowest BCUT2D eigenvalue weighted by molar-refractivity contribution is -0.122. The molecule has 0 spiro atoms. The number of nitrogens with one attached hydrogen (secondary N) is 2. The van der Waals surface area contributed by atoms with Gasteiger partial charge in [-0.1, -0.05) is 36.4 Å². The molecule has 172 valence electrons. The fourth-order valence-corrected chi connectivity index (χ4v) is 6.27. The van der Waals surface area contributed by atoms with Crippen LogP contribution >= 0.6 is 12.4 Å². The Bertz CT molecular complexity index is 1540. The number of fused-ring (bicyclic) bond motifs is 5. The van der Waals surface area contributed by atoms with Crippen molar-refractivity contribution in [2.45, 2.75) is 13.0 Å². The minimum atomic E-state index is -0.313. The number of benzene rings is 2. The van der Waals surface area contributed by atoms with Crippen molar-refractivity contribution in [3.8, 4) is 0 Å². The second-order valence-corrected chi connectivity index (χ2v) is 9.54. The molecule has 2 aromatic carbocycles. The van der Waals surface area contributed by atoms with Crippen LogP contribution in [0.3, 0.4) is 0 Å². The molecule has 0 aliphatic carbocycles. The monoisotopic (exact) mass is 472 g/mol. The summed E-state index contributed by atoms with van der Waals surface area (Å²) in [4.78, 5) is 26.6. The van der Waals surface area contributed by atoms with Crippen molar-refractivity contribution < 1.29 is 9.59 Å². The summed E-state index contributed by atoms with van der Waals surface area (Å²) >= 11 is 0. The summed E-state index contributed by atoms with van der Waals surface area (Å²) in [5.41, 5.74) is 6.11. The van der Waals surface area contributed by atoms with E-state index in [1.807, 2.05) is 48.1 Å². The summed E-state index contributed by atoms with van der Waals surface area (Å²) in [6, 6.07) is 16.3. The first kappa shape index (κ1) is 21.2. The Morgan fingerprint density at radius 1 is 0.853 bits per heavy atom.